The third-order valence-electron chi connectivity index (χ3n) is 3.32. The summed E-state index contributed by atoms with van der Waals surface area (Å²) in [5.74, 6) is 0.466. The second kappa shape index (κ2) is 8.33. The summed E-state index contributed by atoms with van der Waals surface area (Å²) < 4.78 is 5.26. The zero-order chi connectivity index (χ0) is 16.7. The number of amides is 2. The monoisotopic (exact) mass is 332 g/mol. The Morgan fingerprint density at radius 1 is 1.22 bits per heavy atom. The summed E-state index contributed by atoms with van der Waals surface area (Å²) in [4.78, 5) is 24.5. The van der Waals surface area contributed by atoms with E-state index in [0.29, 0.717) is 6.54 Å². The largest absolute Gasteiger partial charge is 0.496 e. The van der Waals surface area contributed by atoms with Crippen LogP contribution in [0.1, 0.15) is 29.8 Å². The number of thiophene rings is 1. The fourth-order valence-electron chi connectivity index (χ4n) is 2.26. The van der Waals surface area contributed by atoms with Crippen LogP contribution in [-0.4, -0.2) is 18.9 Å². The van der Waals surface area contributed by atoms with Crippen LogP contribution >= 0.6 is 11.3 Å². The fourth-order valence-corrected chi connectivity index (χ4v) is 3.04. The quantitative estimate of drug-likeness (QED) is 0.819. The van der Waals surface area contributed by atoms with Crippen LogP contribution in [0.25, 0.3) is 0 Å². The van der Waals surface area contributed by atoms with Gasteiger partial charge in [-0.05, 0) is 17.5 Å². The lowest BCUT2D eigenvalue weighted by Gasteiger charge is -2.16. The molecular weight excluding hydrogens is 312 g/mol. The molecule has 6 heteroatoms. The first-order valence-corrected chi connectivity index (χ1v) is 8.17. The van der Waals surface area contributed by atoms with Crippen molar-refractivity contribution in [2.24, 2.45) is 0 Å². The van der Waals surface area contributed by atoms with Crippen LogP contribution in [0.15, 0.2) is 41.8 Å². The molecule has 0 aliphatic rings. The van der Waals surface area contributed by atoms with Gasteiger partial charge in [-0.3, -0.25) is 9.59 Å². The van der Waals surface area contributed by atoms with E-state index >= 15 is 0 Å². The van der Waals surface area contributed by atoms with Gasteiger partial charge in [-0.15, -0.1) is 11.3 Å². The Bertz CT molecular complexity index is 656. The van der Waals surface area contributed by atoms with Crippen LogP contribution in [0.3, 0.4) is 0 Å². The summed E-state index contributed by atoms with van der Waals surface area (Å²) in [6.07, 6.45) is 0.204. The minimum Gasteiger partial charge on any atom is -0.496 e. The Labute approximate surface area is 139 Å². The van der Waals surface area contributed by atoms with Crippen LogP contribution in [0.2, 0.25) is 0 Å². The Hall–Kier alpha value is -2.34. The number of benzene rings is 1. The third-order valence-corrected chi connectivity index (χ3v) is 4.31. The van der Waals surface area contributed by atoms with E-state index in [1.807, 2.05) is 41.8 Å². The number of methoxy groups -OCH3 is 1. The van der Waals surface area contributed by atoms with Crippen molar-refractivity contribution in [3.05, 3.63) is 52.2 Å². The molecular formula is C17H20N2O3S. The predicted octanol–water partition coefficient (Wildman–Crippen LogP) is 2.64. The number of ether oxygens (including phenoxy) is 1. The van der Waals surface area contributed by atoms with Gasteiger partial charge in [-0.25, -0.2) is 0 Å². The zero-order valence-electron chi connectivity index (χ0n) is 13.2. The highest BCUT2D eigenvalue weighted by atomic mass is 32.1. The third kappa shape index (κ3) is 5.10. The molecule has 1 aromatic heterocycles. The van der Waals surface area contributed by atoms with E-state index in [-0.39, 0.29) is 24.3 Å². The van der Waals surface area contributed by atoms with Crippen molar-refractivity contribution in [2.75, 3.05) is 7.11 Å². The molecule has 0 saturated heterocycles. The SMILES string of the molecule is COc1ccccc1CNC(=O)C[C@H](NC(C)=O)c1cccs1. The molecule has 1 aromatic carbocycles. The van der Waals surface area contributed by atoms with E-state index in [0.717, 1.165) is 16.2 Å². The second-order valence-corrected chi connectivity index (χ2v) is 6.04. The Morgan fingerprint density at radius 3 is 2.65 bits per heavy atom. The smallest absolute Gasteiger partial charge is 0.222 e. The molecule has 0 saturated carbocycles. The van der Waals surface area contributed by atoms with Crippen LogP contribution in [0, 0.1) is 0 Å². The molecule has 0 aliphatic heterocycles. The van der Waals surface area contributed by atoms with Gasteiger partial charge >= 0.3 is 0 Å². The Kier molecular flexibility index (Phi) is 6.17. The van der Waals surface area contributed by atoms with Crippen LogP contribution in [0.4, 0.5) is 0 Å². The van der Waals surface area contributed by atoms with Gasteiger partial charge in [-0.1, -0.05) is 24.3 Å². The maximum absolute atomic E-state index is 12.2. The molecule has 2 aromatic rings. The number of nitrogens with one attached hydrogen (secondary N) is 2. The van der Waals surface area contributed by atoms with E-state index in [1.54, 1.807) is 7.11 Å². The molecule has 0 aliphatic carbocycles. The summed E-state index contributed by atoms with van der Waals surface area (Å²) in [5, 5.41) is 7.62. The fraction of sp³-hybridized carbons (Fsp3) is 0.294. The molecule has 0 bridgehead atoms. The average Bonchev–Trinajstić information content (AvgIpc) is 3.06. The number of para-hydroxylation sites is 1. The van der Waals surface area contributed by atoms with Crippen molar-refractivity contribution in [3.8, 4) is 5.75 Å². The van der Waals surface area contributed by atoms with Gasteiger partial charge in [0, 0.05) is 23.9 Å². The van der Waals surface area contributed by atoms with Crippen molar-refractivity contribution in [1.82, 2.24) is 10.6 Å². The molecule has 122 valence electrons. The van der Waals surface area contributed by atoms with E-state index in [4.69, 9.17) is 4.74 Å². The van der Waals surface area contributed by atoms with E-state index in [1.165, 1.54) is 18.3 Å². The maximum Gasteiger partial charge on any atom is 0.222 e. The molecule has 2 rings (SSSR count). The zero-order valence-corrected chi connectivity index (χ0v) is 14.0. The highest BCUT2D eigenvalue weighted by Gasteiger charge is 2.18. The summed E-state index contributed by atoms with van der Waals surface area (Å²) in [7, 11) is 1.60. The molecule has 0 radical (unpaired) electrons. The molecule has 23 heavy (non-hydrogen) atoms. The molecule has 1 atom stereocenters. The summed E-state index contributed by atoms with van der Waals surface area (Å²) in [6, 6.07) is 11.1. The van der Waals surface area contributed by atoms with E-state index in [9.17, 15) is 9.59 Å². The minimum absolute atomic E-state index is 0.122. The standard InChI is InChI=1S/C17H20N2O3S/c1-12(20)19-14(16-8-5-9-23-16)10-17(21)18-11-13-6-3-4-7-15(13)22-2/h3-9,14H,10-11H2,1-2H3,(H,18,21)(H,19,20)/t14-/m0/s1. The first kappa shape index (κ1) is 17.0. The highest BCUT2D eigenvalue weighted by Crippen LogP contribution is 2.22. The second-order valence-electron chi connectivity index (χ2n) is 5.06. The van der Waals surface area contributed by atoms with Crippen molar-refractivity contribution < 1.29 is 14.3 Å². The van der Waals surface area contributed by atoms with Crippen LogP contribution in [0.5, 0.6) is 5.75 Å². The topological polar surface area (TPSA) is 67.4 Å². The van der Waals surface area contributed by atoms with Gasteiger partial charge in [0.15, 0.2) is 0 Å². The number of carbonyl (C=O) groups is 2. The van der Waals surface area contributed by atoms with Crippen molar-refractivity contribution in [2.45, 2.75) is 25.9 Å². The van der Waals surface area contributed by atoms with Gasteiger partial charge in [0.25, 0.3) is 0 Å². The van der Waals surface area contributed by atoms with Gasteiger partial charge < -0.3 is 15.4 Å². The summed E-state index contributed by atoms with van der Waals surface area (Å²) >= 11 is 1.52. The van der Waals surface area contributed by atoms with E-state index in [2.05, 4.69) is 10.6 Å². The molecule has 0 unspecified atom stereocenters. The molecule has 2 N–H and O–H groups in total. The first-order valence-electron chi connectivity index (χ1n) is 7.29. The van der Waals surface area contributed by atoms with Crippen LogP contribution in [-0.2, 0) is 16.1 Å². The normalized spacial score (nSPS) is 11.6. The van der Waals surface area contributed by atoms with Gasteiger partial charge in [0.05, 0.1) is 19.6 Å². The highest BCUT2D eigenvalue weighted by molar-refractivity contribution is 7.10. The molecule has 1 heterocycles. The lowest BCUT2D eigenvalue weighted by Crippen LogP contribution is -2.32. The lowest BCUT2D eigenvalue weighted by molar-refractivity contribution is -0.122. The lowest BCUT2D eigenvalue weighted by atomic mass is 10.1. The average molecular weight is 332 g/mol. The Morgan fingerprint density at radius 2 is 2.00 bits per heavy atom. The molecule has 0 fully saturated rings. The van der Waals surface area contributed by atoms with Crippen molar-refractivity contribution in [3.63, 3.8) is 0 Å². The Balaban J connectivity index is 1.95. The predicted molar refractivity (Wildman–Crippen MR) is 90.3 cm³/mol. The van der Waals surface area contributed by atoms with Gasteiger partial charge in [-0.2, -0.15) is 0 Å². The van der Waals surface area contributed by atoms with Crippen LogP contribution < -0.4 is 15.4 Å². The molecule has 5 nitrogen and oxygen atoms in total. The minimum atomic E-state index is -0.301. The van der Waals surface area contributed by atoms with Crippen molar-refractivity contribution in [1.29, 1.82) is 0 Å². The summed E-state index contributed by atoms with van der Waals surface area (Å²) in [5.41, 5.74) is 0.913. The maximum atomic E-state index is 12.2. The number of rotatable bonds is 7. The number of hydrogen-bond acceptors (Lipinski definition) is 4. The molecule has 0 spiro atoms. The van der Waals surface area contributed by atoms with Gasteiger partial charge in [0.2, 0.25) is 11.8 Å². The van der Waals surface area contributed by atoms with Crippen molar-refractivity contribution >= 4 is 23.2 Å². The van der Waals surface area contributed by atoms with Gasteiger partial charge in [0.1, 0.15) is 5.75 Å². The number of carbonyl (C=O) groups excluding carboxylic acids is 2. The molecule has 2 amide bonds. The number of hydrogen-bond donors (Lipinski definition) is 2. The van der Waals surface area contributed by atoms with E-state index < -0.39 is 0 Å². The first-order chi connectivity index (χ1) is 11.1. The summed E-state index contributed by atoms with van der Waals surface area (Å²) in [6.45, 7) is 1.84.